The molecule has 0 saturated carbocycles. The number of nitrogens with zero attached hydrogens (tertiary/aromatic N) is 5. The number of rotatable bonds is 4. The van der Waals surface area contributed by atoms with Gasteiger partial charge in [-0.25, -0.2) is 4.98 Å². The summed E-state index contributed by atoms with van der Waals surface area (Å²) in [6, 6.07) is 0. The molecule has 2 aromatic heterocycles. The van der Waals surface area contributed by atoms with E-state index in [0.29, 0.717) is 11.7 Å². The first-order valence-corrected chi connectivity index (χ1v) is 9.38. The predicted molar refractivity (Wildman–Crippen MR) is 91.5 cm³/mol. The first-order chi connectivity index (χ1) is 12.1. The van der Waals surface area contributed by atoms with Crippen molar-refractivity contribution in [2.24, 2.45) is 17.8 Å². The lowest BCUT2D eigenvalue weighted by atomic mass is 9.81. The Hall–Kier alpha value is -1.73. The molecule has 2 aromatic rings. The van der Waals surface area contributed by atoms with Crippen LogP contribution in [0.4, 0.5) is 0 Å². The van der Waals surface area contributed by atoms with Gasteiger partial charge < -0.3 is 19.3 Å². The van der Waals surface area contributed by atoms with Crippen molar-refractivity contribution in [3.63, 3.8) is 0 Å². The Labute approximate surface area is 147 Å². The molecule has 0 aromatic carbocycles. The fraction of sp³-hybridized carbons (Fsp3) is 0.722. The molecule has 5 unspecified atom stereocenters. The van der Waals surface area contributed by atoms with E-state index in [2.05, 4.69) is 34.8 Å². The minimum absolute atomic E-state index is 0.156. The number of aryl methyl sites for hydroxylation is 2. The molecule has 0 amide bonds. The van der Waals surface area contributed by atoms with Crippen molar-refractivity contribution in [2.75, 3.05) is 0 Å². The average molecular weight is 345 g/mol. The van der Waals surface area contributed by atoms with E-state index >= 15 is 0 Å². The molecule has 2 aliphatic rings. The minimum atomic E-state index is -0.571. The standard InChI is InChI=1S/C18H27N5O2/c1-3-12-4-6-22-9-13(20-17(22)15(12)24)8-11(2)14-5-7-23-10-19-21-18(23)16(14)25/h9-12,14-16,24-25H,3-8H2,1-2H3. The second-order valence-electron chi connectivity index (χ2n) is 7.65. The molecule has 4 rings (SSSR count). The van der Waals surface area contributed by atoms with Gasteiger partial charge in [0.1, 0.15) is 24.4 Å². The van der Waals surface area contributed by atoms with Gasteiger partial charge in [0.05, 0.1) is 5.69 Å². The molecular formula is C18H27N5O2. The van der Waals surface area contributed by atoms with Crippen LogP contribution in [-0.4, -0.2) is 34.5 Å². The van der Waals surface area contributed by atoms with E-state index in [0.717, 1.165) is 50.3 Å². The van der Waals surface area contributed by atoms with Crippen molar-refractivity contribution < 1.29 is 10.2 Å². The van der Waals surface area contributed by atoms with Crippen LogP contribution in [0.25, 0.3) is 0 Å². The zero-order valence-electron chi connectivity index (χ0n) is 14.9. The topological polar surface area (TPSA) is 89.0 Å². The Morgan fingerprint density at radius 3 is 2.76 bits per heavy atom. The number of hydrogen-bond donors (Lipinski definition) is 2. The first kappa shape index (κ1) is 16.7. The molecule has 0 spiro atoms. The Morgan fingerprint density at radius 2 is 1.96 bits per heavy atom. The van der Waals surface area contributed by atoms with Gasteiger partial charge in [-0.3, -0.25) is 0 Å². The Morgan fingerprint density at radius 1 is 1.16 bits per heavy atom. The van der Waals surface area contributed by atoms with Crippen LogP contribution in [0.2, 0.25) is 0 Å². The highest BCUT2D eigenvalue weighted by Crippen LogP contribution is 2.37. The quantitative estimate of drug-likeness (QED) is 0.883. The normalized spacial score (nSPS) is 29.9. The lowest BCUT2D eigenvalue weighted by Gasteiger charge is -2.32. The van der Waals surface area contributed by atoms with Crippen molar-refractivity contribution in [2.45, 2.75) is 64.8 Å². The zero-order chi connectivity index (χ0) is 17.6. The van der Waals surface area contributed by atoms with Crippen LogP contribution in [0.3, 0.4) is 0 Å². The van der Waals surface area contributed by atoms with Crippen LogP contribution in [0.15, 0.2) is 12.5 Å². The SMILES string of the molecule is CCC1CCn2cc(CC(C)C3CCn4cnnc4C3O)nc2C1O. The number of aromatic nitrogens is 5. The van der Waals surface area contributed by atoms with Gasteiger partial charge in [0.25, 0.3) is 0 Å². The van der Waals surface area contributed by atoms with Crippen molar-refractivity contribution in [1.29, 1.82) is 0 Å². The van der Waals surface area contributed by atoms with Crippen molar-refractivity contribution in [1.82, 2.24) is 24.3 Å². The van der Waals surface area contributed by atoms with Crippen LogP contribution >= 0.6 is 0 Å². The van der Waals surface area contributed by atoms with Gasteiger partial charge >= 0.3 is 0 Å². The highest BCUT2D eigenvalue weighted by molar-refractivity contribution is 5.11. The molecule has 25 heavy (non-hydrogen) atoms. The summed E-state index contributed by atoms with van der Waals surface area (Å²) in [4.78, 5) is 4.72. The largest absolute Gasteiger partial charge is 0.385 e. The molecular weight excluding hydrogens is 318 g/mol. The van der Waals surface area contributed by atoms with Crippen LogP contribution in [-0.2, 0) is 19.5 Å². The van der Waals surface area contributed by atoms with Crippen LogP contribution < -0.4 is 0 Å². The summed E-state index contributed by atoms with van der Waals surface area (Å²) in [7, 11) is 0. The smallest absolute Gasteiger partial charge is 0.162 e. The van der Waals surface area contributed by atoms with Crippen LogP contribution in [0.5, 0.6) is 0 Å². The zero-order valence-corrected chi connectivity index (χ0v) is 14.9. The molecule has 7 nitrogen and oxygen atoms in total. The molecule has 5 atom stereocenters. The lowest BCUT2D eigenvalue weighted by molar-refractivity contribution is 0.0415. The summed E-state index contributed by atoms with van der Waals surface area (Å²) in [5, 5.41) is 29.1. The van der Waals surface area contributed by atoms with E-state index in [1.54, 1.807) is 6.33 Å². The van der Waals surface area contributed by atoms with E-state index in [1.165, 1.54) is 0 Å². The number of aliphatic hydroxyl groups excluding tert-OH is 2. The minimum Gasteiger partial charge on any atom is -0.385 e. The molecule has 2 N–H and O–H groups in total. The van der Waals surface area contributed by atoms with Gasteiger partial charge in [-0.1, -0.05) is 20.3 Å². The van der Waals surface area contributed by atoms with Crippen molar-refractivity contribution in [3.05, 3.63) is 29.9 Å². The van der Waals surface area contributed by atoms with E-state index in [1.807, 2.05) is 4.57 Å². The highest BCUT2D eigenvalue weighted by atomic mass is 16.3. The number of aliphatic hydroxyl groups is 2. The van der Waals surface area contributed by atoms with Crippen molar-refractivity contribution >= 4 is 0 Å². The Balaban J connectivity index is 1.48. The van der Waals surface area contributed by atoms with E-state index in [-0.39, 0.29) is 11.8 Å². The fourth-order valence-corrected chi connectivity index (χ4v) is 4.48. The molecule has 0 radical (unpaired) electrons. The lowest BCUT2D eigenvalue weighted by Crippen LogP contribution is -2.30. The molecule has 136 valence electrons. The van der Waals surface area contributed by atoms with Gasteiger partial charge in [-0.2, -0.15) is 0 Å². The third kappa shape index (κ3) is 2.89. The van der Waals surface area contributed by atoms with Gasteiger partial charge in [0.2, 0.25) is 0 Å². The summed E-state index contributed by atoms with van der Waals surface area (Å²) in [5.74, 6) is 2.24. The molecule has 0 saturated heterocycles. The summed E-state index contributed by atoms with van der Waals surface area (Å²) in [6.07, 6.45) is 6.45. The third-order valence-electron chi connectivity index (χ3n) is 6.11. The van der Waals surface area contributed by atoms with E-state index < -0.39 is 12.2 Å². The molecule has 0 aliphatic carbocycles. The maximum Gasteiger partial charge on any atom is 0.162 e. The molecule has 0 fully saturated rings. The average Bonchev–Trinajstić information content (AvgIpc) is 3.22. The van der Waals surface area contributed by atoms with E-state index in [4.69, 9.17) is 4.98 Å². The summed E-state index contributed by atoms with van der Waals surface area (Å²) < 4.78 is 4.04. The van der Waals surface area contributed by atoms with E-state index in [9.17, 15) is 10.2 Å². The van der Waals surface area contributed by atoms with Gasteiger partial charge in [0, 0.05) is 19.3 Å². The molecule has 2 aliphatic heterocycles. The first-order valence-electron chi connectivity index (χ1n) is 9.38. The summed E-state index contributed by atoms with van der Waals surface area (Å²) in [6.45, 7) is 6.08. The number of fused-ring (bicyclic) bond motifs is 2. The number of hydrogen-bond acceptors (Lipinski definition) is 5. The van der Waals surface area contributed by atoms with Crippen LogP contribution in [0.1, 0.15) is 62.7 Å². The molecule has 7 heteroatoms. The molecule has 4 heterocycles. The van der Waals surface area contributed by atoms with Crippen LogP contribution in [0, 0.1) is 17.8 Å². The van der Waals surface area contributed by atoms with Crippen molar-refractivity contribution in [3.8, 4) is 0 Å². The van der Waals surface area contributed by atoms with Gasteiger partial charge in [0.15, 0.2) is 5.82 Å². The second-order valence-corrected chi connectivity index (χ2v) is 7.65. The highest BCUT2D eigenvalue weighted by Gasteiger charge is 2.34. The molecule has 0 bridgehead atoms. The third-order valence-corrected chi connectivity index (χ3v) is 6.11. The monoisotopic (exact) mass is 345 g/mol. The maximum absolute atomic E-state index is 10.6. The maximum atomic E-state index is 10.6. The number of imidazole rings is 1. The second kappa shape index (κ2) is 6.53. The summed E-state index contributed by atoms with van der Waals surface area (Å²) >= 11 is 0. The fourth-order valence-electron chi connectivity index (χ4n) is 4.48. The predicted octanol–water partition coefficient (Wildman–Crippen LogP) is 1.87. The Kier molecular flexibility index (Phi) is 4.37. The van der Waals surface area contributed by atoms with Gasteiger partial charge in [-0.05, 0) is 37.0 Å². The van der Waals surface area contributed by atoms with Gasteiger partial charge in [-0.15, -0.1) is 10.2 Å². The summed E-state index contributed by atoms with van der Waals surface area (Å²) in [5.41, 5.74) is 1.01. The Bertz CT molecular complexity index is 740.